The molecule has 1 heterocycles. The highest BCUT2D eigenvalue weighted by Gasteiger charge is 2.00. The summed E-state index contributed by atoms with van der Waals surface area (Å²) in [7, 11) is 0. The average Bonchev–Trinajstić information content (AvgIpc) is 2.38. The maximum atomic E-state index is 8.59. The van der Waals surface area contributed by atoms with Crippen LogP contribution in [0.25, 0.3) is 0 Å². The summed E-state index contributed by atoms with van der Waals surface area (Å²) in [6, 6.07) is 1.94. The Balaban J connectivity index is 2.32. The second kappa shape index (κ2) is 7.58. The molecule has 0 atom stereocenters. The number of nitrogens with zero attached hydrogens (tertiary/aromatic N) is 4. The van der Waals surface area contributed by atoms with E-state index in [0.29, 0.717) is 5.69 Å². The van der Waals surface area contributed by atoms with Crippen molar-refractivity contribution in [2.75, 3.05) is 31.5 Å². The van der Waals surface area contributed by atoms with Crippen LogP contribution in [-0.4, -0.2) is 41.0 Å². The summed E-state index contributed by atoms with van der Waals surface area (Å²) in [5.74, 6) is 0.719. The predicted molar refractivity (Wildman–Crippen MR) is 67.6 cm³/mol. The van der Waals surface area contributed by atoms with Crippen LogP contribution in [0, 0.1) is 11.3 Å². The zero-order chi connectivity index (χ0) is 12.5. The summed E-state index contributed by atoms with van der Waals surface area (Å²) in [5, 5.41) is 11.8. The zero-order valence-electron chi connectivity index (χ0n) is 10.5. The van der Waals surface area contributed by atoms with Gasteiger partial charge in [0.2, 0.25) is 0 Å². The lowest BCUT2D eigenvalue weighted by Crippen LogP contribution is -2.29. The molecule has 0 aliphatic rings. The molecule has 1 aromatic rings. The quantitative estimate of drug-likeness (QED) is 0.773. The number of likely N-dealkylation sites (N-methyl/N-ethyl adjacent to an activating group) is 1. The molecule has 92 valence electrons. The van der Waals surface area contributed by atoms with Gasteiger partial charge in [-0.1, -0.05) is 13.8 Å². The van der Waals surface area contributed by atoms with Gasteiger partial charge in [-0.25, -0.2) is 9.97 Å². The van der Waals surface area contributed by atoms with E-state index in [9.17, 15) is 0 Å². The van der Waals surface area contributed by atoms with Crippen molar-refractivity contribution in [2.24, 2.45) is 0 Å². The molecular weight excluding hydrogens is 214 g/mol. The van der Waals surface area contributed by atoms with Crippen LogP contribution in [0.4, 0.5) is 5.82 Å². The van der Waals surface area contributed by atoms with Crippen LogP contribution in [-0.2, 0) is 0 Å². The second-order valence-corrected chi connectivity index (χ2v) is 3.76. The third kappa shape index (κ3) is 4.79. The van der Waals surface area contributed by atoms with E-state index in [1.54, 1.807) is 6.20 Å². The van der Waals surface area contributed by atoms with Crippen LogP contribution in [0.5, 0.6) is 0 Å². The fraction of sp³-hybridized carbons (Fsp3) is 0.583. The third-order valence-corrected chi connectivity index (χ3v) is 2.49. The van der Waals surface area contributed by atoms with E-state index in [1.807, 2.05) is 6.07 Å². The van der Waals surface area contributed by atoms with Gasteiger partial charge in [0.25, 0.3) is 0 Å². The highest BCUT2D eigenvalue weighted by Crippen LogP contribution is 2.00. The van der Waals surface area contributed by atoms with Crippen molar-refractivity contribution >= 4 is 5.82 Å². The first kappa shape index (κ1) is 13.4. The van der Waals surface area contributed by atoms with Crippen molar-refractivity contribution in [3.05, 3.63) is 18.1 Å². The number of hydrogen-bond donors (Lipinski definition) is 1. The van der Waals surface area contributed by atoms with Crippen LogP contribution in [0.15, 0.2) is 12.4 Å². The van der Waals surface area contributed by atoms with Gasteiger partial charge in [0.15, 0.2) is 5.69 Å². The topological polar surface area (TPSA) is 64.8 Å². The summed E-state index contributed by atoms with van der Waals surface area (Å²) < 4.78 is 0. The van der Waals surface area contributed by atoms with Crippen molar-refractivity contribution < 1.29 is 0 Å². The minimum Gasteiger partial charge on any atom is -0.368 e. The molecule has 0 amide bonds. The highest BCUT2D eigenvalue weighted by molar-refractivity contribution is 5.32. The number of hydrogen-bond acceptors (Lipinski definition) is 5. The zero-order valence-corrected chi connectivity index (χ0v) is 10.5. The lowest BCUT2D eigenvalue weighted by molar-refractivity contribution is 0.300. The van der Waals surface area contributed by atoms with Gasteiger partial charge < -0.3 is 10.2 Å². The second-order valence-electron chi connectivity index (χ2n) is 3.76. The number of rotatable bonds is 7. The van der Waals surface area contributed by atoms with Crippen molar-refractivity contribution in [3.63, 3.8) is 0 Å². The summed E-state index contributed by atoms with van der Waals surface area (Å²) in [6.45, 7) is 8.37. The Morgan fingerprint density at radius 3 is 2.65 bits per heavy atom. The molecule has 0 unspecified atom stereocenters. The average molecular weight is 233 g/mol. The molecule has 0 radical (unpaired) electrons. The van der Waals surface area contributed by atoms with E-state index >= 15 is 0 Å². The molecule has 0 fully saturated rings. The monoisotopic (exact) mass is 233 g/mol. The normalized spacial score (nSPS) is 10.2. The molecular formula is C12H19N5. The summed E-state index contributed by atoms with van der Waals surface area (Å²) >= 11 is 0. The van der Waals surface area contributed by atoms with Gasteiger partial charge in [0, 0.05) is 13.1 Å². The molecule has 1 N–H and O–H groups in total. The van der Waals surface area contributed by atoms with Gasteiger partial charge >= 0.3 is 0 Å². The molecule has 1 aromatic heterocycles. The standard InChI is InChI=1S/C12H19N5/c1-3-6-17(4-2)7-5-14-12-10-15-11(8-13)9-16-12/h9-10H,3-7H2,1-2H3,(H,14,16). The Morgan fingerprint density at radius 1 is 1.29 bits per heavy atom. The molecule has 17 heavy (non-hydrogen) atoms. The largest absolute Gasteiger partial charge is 0.368 e. The first-order valence-corrected chi connectivity index (χ1v) is 5.98. The predicted octanol–water partition coefficient (Wildman–Crippen LogP) is 1.49. The number of aromatic nitrogens is 2. The van der Waals surface area contributed by atoms with E-state index in [4.69, 9.17) is 5.26 Å². The van der Waals surface area contributed by atoms with Crippen LogP contribution in [0.3, 0.4) is 0 Å². The van der Waals surface area contributed by atoms with Gasteiger partial charge in [-0.2, -0.15) is 5.26 Å². The van der Waals surface area contributed by atoms with E-state index < -0.39 is 0 Å². The maximum absolute atomic E-state index is 8.59. The molecule has 5 heteroatoms. The van der Waals surface area contributed by atoms with Gasteiger partial charge in [0.1, 0.15) is 11.9 Å². The van der Waals surface area contributed by atoms with Crippen LogP contribution in [0.1, 0.15) is 26.0 Å². The lowest BCUT2D eigenvalue weighted by Gasteiger charge is -2.19. The van der Waals surface area contributed by atoms with E-state index in [1.165, 1.54) is 12.6 Å². The molecule has 0 aliphatic heterocycles. The maximum Gasteiger partial charge on any atom is 0.158 e. The fourth-order valence-corrected chi connectivity index (χ4v) is 1.56. The van der Waals surface area contributed by atoms with Gasteiger partial charge in [-0.15, -0.1) is 0 Å². The first-order valence-electron chi connectivity index (χ1n) is 5.98. The summed E-state index contributed by atoms with van der Waals surface area (Å²) in [4.78, 5) is 10.4. The minimum atomic E-state index is 0.344. The first-order chi connectivity index (χ1) is 8.30. The number of nitriles is 1. The smallest absolute Gasteiger partial charge is 0.158 e. The highest BCUT2D eigenvalue weighted by atomic mass is 15.1. The Hall–Kier alpha value is -1.67. The molecule has 0 aliphatic carbocycles. The Morgan fingerprint density at radius 2 is 2.12 bits per heavy atom. The minimum absolute atomic E-state index is 0.344. The van der Waals surface area contributed by atoms with E-state index in [2.05, 4.69) is 34.0 Å². The van der Waals surface area contributed by atoms with Crippen molar-refractivity contribution in [2.45, 2.75) is 20.3 Å². The van der Waals surface area contributed by atoms with Crippen molar-refractivity contribution in [3.8, 4) is 6.07 Å². The van der Waals surface area contributed by atoms with Gasteiger partial charge in [-0.3, -0.25) is 0 Å². The van der Waals surface area contributed by atoms with Crippen LogP contribution < -0.4 is 5.32 Å². The molecule has 0 bridgehead atoms. The van der Waals surface area contributed by atoms with Gasteiger partial charge in [-0.05, 0) is 19.5 Å². The number of nitrogens with one attached hydrogen (secondary N) is 1. The Labute approximate surface area is 102 Å². The van der Waals surface area contributed by atoms with E-state index in [-0.39, 0.29) is 0 Å². The summed E-state index contributed by atoms with van der Waals surface area (Å²) in [6.07, 6.45) is 4.24. The summed E-state index contributed by atoms with van der Waals surface area (Å²) in [5.41, 5.74) is 0.344. The van der Waals surface area contributed by atoms with Crippen LogP contribution in [0.2, 0.25) is 0 Å². The Kier molecular flexibility index (Phi) is 5.97. The number of anilines is 1. The molecule has 0 saturated carbocycles. The van der Waals surface area contributed by atoms with Crippen molar-refractivity contribution in [1.29, 1.82) is 5.26 Å². The lowest BCUT2D eigenvalue weighted by atomic mass is 10.4. The third-order valence-electron chi connectivity index (χ3n) is 2.49. The van der Waals surface area contributed by atoms with Crippen LogP contribution >= 0.6 is 0 Å². The van der Waals surface area contributed by atoms with E-state index in [0.717, 1.165) is 32.0 Å². The van der Waals surface area contributed by atoms with Crippen molar-refractivity contribution in [1.82, 2.24) is 14.9 Å². The SMILES string of the molecule is CCCN(CC)CCNc1cnc(C#N)cn1. The Bertz CT molecular complexity index is 354. The molecule has 0 spiro atoms. The van der Waals surface area contributed by atoms with Gasteiger partial charge in [0.05, 0.1) is 12.4 Å². The molecule has 0 saturated heterocycles. The fourth-order valence-electron chi connectivity index (χ4n) is 1.56. The molecule has 1 rings (SSSR count). The molecule has 0 aromatic carbocycles. The molecule has 5 nitrogen and oxygen atoms in total.